The molecule has 3 nitrogen and oxygen atoms in total. The molecule has 12 heavy (non-hydrogen) atoms. The summed E-state index contributed by atoms with van der Waals surface area (Å²) >= 11 is 0. The van der Waals surface area contributed by atoms with Crippen molar-refractivity contribution in [3.63, 3.8) is 0 Å². The Morgan fingerprint density at radius 2 is 2.42 bits per heavy atom. The summed E-state index contributed by atoms with van der Waals surface area (Å²) in [6.45, 7) is 4.12. The maximum absolute atomic E-state index is 8.28. The maximum Gasteiger partial charge on any atom is 0.0912 e. The highest BCUT2D eigenvalue weighted by Gasteiger charge is 1.97. The van der Waals surface area contributed by atoms with Crippen LogP contribution in [0.25, 0.3) is 6.08 Å². The van der Waals surface area contributed by atoms with Crippen molar-refractivity contribution in [3.8, 4) is 6.07 Å². The van der Waals surface area contributed by atoms with Gasteiger partial charge < -0.3 is 0 Å². The van der Waals surface area contributed by atoms with Crippen LogP contribution in [0.1, 0.15) is 25.5 Å². The fraction of sp³-hybridized carbons (Fsp3) is 0.333. The number of hydrogen-bond donors (Lipinski definition) is 0. The molecule has 0 aliphatic rings. The predicted molar refractivity (Wildman–Crippen MR) is 47.3 cm³/mol. The van der Waals surface area contributed by atoms with Crippen LogP contribution in [0, 0.1) is 11.3 Å². The third-order valence-corrected chi connectivity index (χ3v) is 1.50. The van der Waals surface area contributed by atoms with E-state index >= 15 is 0 Å². The Kier molecular flexibility index (Phi) is 2.65. The Morgan fingerprint density at radius 3 is 2.92 bits per heavy atom. The Morgan fingerprint density at radius 1 is 1.67 bits per heavy atom. The van der Waals surface area contributed by atoms with E-state index in [2.05, 4.69) is 18.9 Å². The quantitative estimate of drug-likeness (QED) is 0.622. The Hall–Kier alpha value is -1.56. The predicted octanol–water partition coefficient (Wildman–Crippen LogP) is 2.00. The summed E-state index contributed by atoms with van der Waals surface area (Å²) in [5.74, 6) is 0. The van der Waals surface area contributed by atoms with E-state index in [0.29, 0.717) is 6.04 Å². The van der Waals surface area contributed by atoms with Gasteiger partial charge in [0.15, 0.2) is 0 Å². The van der Waals surface area contributed by atoms with Crippen LogP contribution in [0.4, 0.5) is 0 Å². The lowest BCUT2D eigenvalue weighted by atomic mass is 10.3. The molecule has 0 aliphatic heterocycles. The fourth-order valence-electron chi connectivity index (χ4n) is 0.855. The molecule has 62 valence electrons. The van der Waals surface area contributed by atoms with Gasteiger partial charge in [-0.15, -0.1) is 0 Å². The van der Waals surface area contributed by atoms with Crippen LogP contribution in [0.3, 0.4) is 0 Å². The highest BCUT2D eigenvalue weighted by molar-refractivity contribution is 5.49. The zero-order valence-electron chi connectivity index (χ0n) is 7.23. The second-order valence-corrected chi connectivity index (χ2v) is 2.81. The van der Waals surface area contributed by atoms with Gasteiger partial charge in [-0.05, 0) is 19.9 Å². The topological polar surface area (TPSA) is 41.6 Å². The van der Waals surface area contributed by atoms with Gasteiger partial charge in [0, 0.05) is 23.9 Å². The van der Waals surface area contributed by atoms with Crippen LogP contribution < -0.4 is 0 Å². The van der Waals surface area contributed by atoms with E-state index < -0.39 is 0 Å². The van der Waals surface area contributed by atoms with Gasteiger partial charge in [-0.3, -0.25) is 4.68 Å². The van der Waals surface area contributed by atoms with Gasteiger partial charge in [0.25, 0.3) is 0 Å². The molecule has 1 rings (SSSR count). The Balaban J connectivity index is 2.79. The highest BCUT2D eigenvalue weighted by atomic mass is 15.3. The summed E-state index contributed by atoms with van der Waals surface area (Å²) in [4.78, 5) is 0. The molecule has 0 N–H and O–H groups in total. The molecular weight excluding hydrogens is 150 g/mol. The largest absolute Gasteiger partial charge is 0.270 e. The molecule has 0 bridgehead atoms. The fourth-order valence-corrected chi connectivity index (χ4v) is 0.855. The number of aromatic nitrogens is 2. The molecule has 0 spiro atoms. The van der Waals surface area contributed by atoms with Crippen LogP contribution >= 0.6 is 0 Å². The zero-order valence-corrected chi connectivity index (χ0v) is 7.23. The summed E-state index contributed by atoms with van der Waals surface area (Å²) in [5.41, 5.74) is 0.963. The summed E-state index contributed by atoms with van der Waals surface area (Å²) in [7, 11) is 0. The summed E-state index contributed by atoms with van der Waals surface area (Å²) in [6.07, 6.45) is 6.85. The second kappa shape index (κ2) is 3.72. The molecule has 0 amide bonds. The molecule has 1 aromatic rings. The van der Waals surface area contributed by atoms with Gasteiger partial charge in [-0.25, -0.2) is 0 Å². The van der Waals surface area contributed by atoms with E-state index in [1.165, 1.54) is 6.08 Å². The molecule has 0 saturated heterocycles. The SMILES string of the molecule is CC(C)n1cc(C=CC#N)cn1. The number of nitrogens with zero attached hydrogens (tertiary/aromatic N) is 3. The third-order valence-electron chi connectivity index (χ3n) is 1.50. The molecule has 0 fully saturated rings. The van der Waals surface area contributed by atoms with Gasteiger partial charge in [-0.2, -0.15) is 10.4 Å². The van der Waals surface area contributed by atoms with Crippen molar-refractivity contribution >= 4 is 6.08 Å². The molecule has 0 radical (unpaired) electrons. The summed E-state index contributed by atoms with van der Waals surface area (Å²) in [6, 6.07) is 2.31. The molecule has 1 aromatic heterocycles. The average Bonchev–Trinajstić information content (AvgIpc) is 2.48. The lowest BCUT2D eigenvalue weighted by Crippen LogP contribution is -1.99. The van der Waals surface area contributed by atoms with Gasteiger partial charge in [0.05, 0.1) is 12.3 Å². The zero-order chi connectivity index (χ0) is 8.97. The van der Waals surface area contributed by atoms with Gasteiger partial charge in [-0.1, -0.05) is 0 Å². The van der Waals surface area contributed by atoms with E-state index in [0.717, 1.165) is 5.56 Å². The molecule has 0 unspecified atom stereocenters. The monoisotopic (exact) mass is 161 g/mol. The van der Waals surface area contributed by atoms with Crippen LogP contribution in [0.5, 0.6) is 0 Å². The van der Waals surface area contributed by atoms with Crippen LogP contribution in [0.15, 0.2) is 18.5 Å². The summed E-state index contributed by atoms with van der Waals surface area (Å²) < 4.78 is 1.86. The second-order valence-electron chi connectivity index (χ2n) is 2.81. The lowest BCUT2D eigenvalue weighted by molar-refractivity contribution is 0.532. The number of rotatable bonds is 2. The first-order valence-electron chi connectivity index (χ1n) is 3.84. The van der Waals surface area contributed by atoms with Crippen molar-refractivity contribution in [2.45, 2.75) is 19.9 Å². The van der Waals surface area contributed by atoms with Crippen molar-refractivity contribution in [2.24, 2.45) is 0 Å². The molecule has 0 saturated carbocycles. The molecule has 3 heteroatoms. The number of allylic oxidation sites excluding steroid dienone is 1. The van der Waals surface area contributed by atoms with Gasteiger partial charge >= 0.3 is 0 Å². The number of nitriles is 1. The minimum Gasteiger partial charge on any atom is -0.270 e. The van der Waals surface area contributed by atoms with Crippen LogP contribution in [-0.4, -0.2) is 9.78 Å². The highest BCUT2D eigenvalue weighted by Crippen LogP contribution is 2.06. The maximum atomic E-state index is 8.28. The average molecular weight is 161 g/mol. The first kappa shape index (κ1) is 8.54. The first-order chi connectivity index (χ1) is 5.74. The molecule has 1 heterocycles. The molecule has 0 aliphatic carbocycles. The van der Waals surface area contributed by atoms with Crippen molar-refractivity contribution in [3.05, 3.63) is 24.0 Å². The van der Waals surface area contributed by atoms with Crippen molar-refractivity contribution < 1.29 is 0 Å². The van der Waals surface area contributed by atoms with E-state index in [1.807, 2.05) is 16.9 Å². The van der Waals surface area contributed by atoms with Crippen LogP contribution in [-0.2, 0) is 0 Å². The van der Waals surface area contributed by atoms with E-state index in [4.69, 9.17) is 5.26 Å². The summed E-state index contributed by atoms with van der Waals surface area (Å²) in [5, 5.41) is 12.4. The molecule has 0 aromatic carbocycles. The van der Waals surface area contributed by atoms with Crippen molar-refractivity contribution in [1.29, 1.82) is 5.26 Å². The lowest BCUT2D eigenvalue weighted by Gasteiger charge is -2.02. The first-order valence-corrected chi connectivity index (χ1v) is 3.84. The molecule has 0 atom stereocenters. The van der Waals surface area contributed by atoms with E-state index in [1.54, 1.807) is 12.3 Å². The Bertz CT molecular complexity index is 315. The molecular formula is C9H11N3. The van der Waals surface area contributed by atoms with Gasteiger partial charge in [0.1, 0.15) is 0 Å². The standard InChI is InChI=1S/C9H11N3/c1-8(2)12-7-9(6-11-12)4-3-5-10/h3-4,6-8H,1-2H3. The number of hydrogen-bond acceptors (Lipinski definition) is 2. The van der Waals surface area contributed by atoms with Crippen molar-refractivity contribution in [2.75, 3.05) is 0 Å². The minimum absolute atomic E-state index is 0.370. The smallest absolute Gasteiger partial charge is 0.0912 e. The normalized spacial score (nSPS) is 10.8. The van der Waals surface area contributed by atoms with Gasteiger partial charge in [0.2, 0.25) is 0 Å². The third kappa shape index (κ3) is 1.96. The van der Waals surface area contributed by atoms with Crippen LogP contribution in [0.2, 0.25) is 0 Å². The Labute approximate surface area is 71.9 Å². The van der Waals surface area contributed by atoms with Crippen molar-refractivity contribution in [1.82, 2.24) is 9.78 Å². The van der Waals surface area contributed by atoms with E-state index in [-0.39, 0.29) is 0 Å². The van der Waals surface area contributed by atoms with E-state index in [9.17, 15) is 0 Å². The minimum atomic E-state index is 0.370.